The van der Waals surface area contributed by atoms with Crippen LogP contribution in [0.4, 0.5) is 10.1 Å². The fourth-order valence-electron chi connectivity index (χ4n) is 6.42. The highest BCUT2D eigenvalue weighted by Crippen LogP contribution is 2.36. The third-order valence-electron chi connectivity index (χ3n) is 8.97. The van der Waals surface area contributed by atoms with E-state index in [2.05, 4.69) is 22.5 Å². The number of hydrogen-bond donors (Lipinski definition) is 3. The van der Waals surface area contributed by atoms with Crippen LogP contribution in [0, 0.1) is 11.7 Å². The van der Waals surface area contributed by atoms with E-state index in [1.165, 1.54) is 12.1 Å². The van der Waals surface area contributed by atoms with Crippen LogP contribution in [0.25, 0.3) is 0 Å². The summed E-state index contributed by atoms with van der Waals surface area (Å²) >= 11 is 0. The van der Waals surface area contributed by atoms with Crippen LogP contribution in [0.2, 0.25) is 0 Å². The number of carbonyl (C=O) groups is 3. The first-order valence-electron chi connectivity index (χ1n) is 15.1. The minimum atomic E-state index is -0.895. The second-order valence-corrected chi connectivity index (χ2v) is 11.8. The summed E-state index contributed by atoms with van der Waals surface area (Å²) in [7, 11) is 0. The van der Waals surface area contributed by atoms with E-state index in [4.69, 9.17) is 0 Å². The van der Waals surface area contributed by atoms with Crippen molar-refractivity contribution in [1.29, 1.82) is 0 Å². The van der Waals surface area contributed by atoms with Gasteiger partial charge in [-0.05, 0) is 73.4 Å². The standard InChI is InChI=1S/C33H41FN4O4/c1-2-3-18-38-31(41)29(30(40)25-6-4-5-7-25)36-32(42)33(38)16-19-37(20-17-33)22-24-10-14-27(15-11-24)35-28(39)21-23-8-12-26(34)13-9-23/h4-5,8-15,25,29-30,40H,2-3,6-7,16-22H2,1H3,(H,35,39)(H,36,42)/t29-,30-/m1/s1. The van der Waals surface area contributed by atoms with Gasteiger partial charge in [-0.2, -0.15) is 0 Å². The van der Waals surface area contributed by atoms with Crippen LogP contribution < -0.4 is 10.6 Å². The fourth-order valence-corrected chi connectivity index (χ4v) is 6.42. The van der Waals surface area contributed by atoms with Gasteiger partial charge in [-0.15, -0.1) is 0 Å². The number of piperazine rings is 1. The highest BCUT2D eigenvalue weighted by Gasteiger charge is 2.55. The zero-order valence-corrected chi connectivity index (χ0v) is 24.2. The van der Waals surface area contributed by atoms with Gasteiger partial charge in [0.05, 0.1) is 12.5 Å². The summed E-state index contributed by atoms with van der Waals surface area (Å²) in [6.07, 6.45) is 7.57. The molecule has 0 radical (unpaired) electrons. The van der Waals surface area contributed by atoms with Crippen LogP contribution in [0.1, 0.15) is 56.6 Å². The number of amides is 3. The number of allylic oxidation sites excluding steroid dienone is 2. The van der Waals surface area contributed by atoms with Gasteiger partial charge in [-0.25, -0.2) is 4.39 Å². The molecular weight excluding hydrogens is 535 g/mol. The van der Waals surface area contributed by atoms with Gasteiger partial charge < -0.3 is 20.6 Å². The maximum Gasteiger partial charge on any atom is 0.248 e. The van der Waals surface area contributed by atoms with Crippen LogP contribution in [-0.2, 0) is 27.3 Å². The number of piperidine rings is 1. The van der Waals surface area contributed by atoms with E-state index in [1.807, 2.05) is 36.4 Å². The quantitative estimate of drug-likeness (QED) is 0.374. The molecule has 224 valence electrons. The SMILES string of the molecule is CCCCN1C(=O)[C@@H]([C@H](O)C2CC=CC2)NC(=O)C12CCN(Cc1ccc(NC(=O)Cc3ccc(F)cc3)cc1)CC2. The zero-order chi connectivity index (χ0) is 29.7. The summed E-state index contributed by atoms with van der Waals surface area (Å²) in [6.45, 7) is 4.62. The molecule has 2 heterocycles. The summed E-state index contributed by atoms with van der Waals surface area (Å²) in [6, 6.07) is 12.7. The monoisotopic (exact) mass is 576 g/mol. The Labute approximate surface area is 247 Å². The Balaban J connectivity index is 1.17. The lowest BCUT2D eigenvalue weighted by Gasteiger charge is -2.52. The minimum absolute atomic E-state index is 0.0438. The fraction of sp³-hybridized carbons (Fsp3) is 0.485. The Bertz CT molecular complexity index is 1280. The predicted molar refractivity (Wildman–Crippen MR) is 159 cm³/mol. The molecule has 5 rings (SSSR count). The van der Waals surface area contributed by atoms with Crippen LogP contribution in [-0.4, -0.2) is 69.9 Å². The number of carbonyl (C=O) groups excluding carboxylic acids is 3. The van der Waals surface area contributed by atoms with Gasteiger partial charge in [0.15, 0.2) is 0 Å². The summed E-state index contributed by atoms with van der Waals surface area (Å²) in [4.78, 5) is 43.8. The Kier molecular flexibility index (Phi) is 9.38. The lowest BCUT2D eigenvalue weighted by atomic mass is 9.79. The number of hydrogen-bond acceptors (Lipinski definition) is 5. The summed E-state index contributed by atoms with van der Waals surface area (Å²) in [5.41, 5.74) is 1.64. The molecule has 0 bridgehead atoms. The number of nitrogens with one attached hydrogen (secondary N) is 2. The zero-order valence-electron chi connectivity index (χ0n) is 24.2. The van der Waals surface area contributed by atoms with E-state index in [0.717, 1.165) is 36.8 Å². The Hall–Kier alpha value is -3.56. The molecule has 2 aliphatic heterocycles. The van der Waals surface area contributed by atoms with Crippen molar-refractivity contribution in [3.8, 4) is 0 Å². The molecule has 3 N–H and O–H groups in total. The van der Waals surface area contributed by atoms with Gasteiger partial charge in [0.1, 0.15) is 17.4 Å². The molecule has 1 aliphatic carbocycles. The molecule has 2 aromatic rings. The second-order valence-electron chi connectivity index (χ2n) is 11.8. The van der Waals surface area contributed by atoms with Crippen molar-refractivity contribution in [2.45, 2.75) is 76.1 Å². The first kappa shape index (κ1) is 29.9. The van der Waals surface area contributed by atoms with Gasteiger partial charge in [-0.3, -0.25) is 19.3 Å². The lowest BCUT2D eigenvalue weighted by Crippen LogP contribution is -2.75. The first-order valence-corrected chi connectivity index (χ1v) is 15.1. The number of anilines is 1. The Morgan fingerprint density at radius 3 is 2.33 bits per heavy atom. The van der Waals surface area contributed by atoms with Crippen molar-refractivity contribution >= 4 is 23.4 Å². The van der Waals surface area contributed by atoms with Crippen molar-refractivity contribution in [3.05, 3.63) is 77.6 Å². The van der Waals surface area contributed by atoms with Crippen LogP contribution in [0.5, 0.6) is 0 Å². The van der Waals surface area contributed by atoms with E-state index < -0.39 is 17.7 Å². The van der Waals surface area contributed by atoms with Crippen molar-refractivity contribution < 1.29 is 23.9 Å². The maximum absolute atomic E-state index is 13.7. The van der Waals surface area contributed by atoms with Crippen molar-refractivity contribution in [2.75, 3.05) is 25.0 Å². The van der Waals surface area contributed by atoms with Crippen LogP contribution in [0.15, 0.2) is 60.7 Å². The largest absolute Gasteiger partial charge is 0.390 e. The molecule has 0 unspecified atom stereocenters. The number of aliphatic hydroxyl groups is 1. The van der Waals surface area contributed by atoms with E-state index in [0.29, 0.717) is 44.7 Å². The number of unbranched alkanes of at least 4 members (excludes halogenated alkanes) is 1. The second kappa shape index (κ2) is 13.2. The topological polar surface area (TPSA) is 102 Å². The summed E-state index contributed by atoms with van der Waals surface area (Å²) < 4.78 is 13.1. The molecule has 0 aromatic heterocycles. The molecule has 2 atom stereocenters. The van der Waals surface area contributed by atoms with E-state index >= 15 is 0 Å². The molecule has 3 amide bonds. The van der Waals surface area contributed by atoms with E-state index in [-0.39, 0.29) is 35.9 Å². The number of aliphatic hydroxyl groups excluding tert-OH is 1. The molecule has 2 saturated heterocycles. The normalized spacial score (nSPS) is 21.5. The molecular formula is C33H41FN4O4. The third-order valence-corrected chi connectivity index (χ3v) is 8.97. The number of halogens is 1. The number of benzene rings is 2. The molecule has 3 aliphatic rings. The summed E-state index contributed by atoms with van der Waals surface area (Å²) in [5, 5.41) is 16.8. The number of nitrogens with zero attached hydrogens (tertiary/aromatic N) is 2. The number of rotatable bonds is 10. The van der Waals surface area contributed by atoms with Crippen molar-refractivity contribution in [1.82, 2.24) is 15.1 Å². The molecule has 8 nitrogen and oxygen atoms in total. The van der Waals surface area contributed by atoms with Gasteiger partial charge in [-0.1, -0.05) is 49.8 Å². The average Bonchev–Trinajstić information content (AvgIpc) is 3.53. The van der Waals surface area contributed by atoms with Crippen molar-refractivity contribution in [2.24, 2.45) is 5.92 Å². The van der Waals surface area contributed by atoms with E-state index in [1.54, 1.807) is 17.0 Å². The molecule has 1 spiro atoms. The Morgan fingerprint density at radius 2 is 1.69 bits per heavy atom. The van der Waals surface area contributed by atoms with Gasteiger partial charge >= 0.3 is 0 Å². The minimum Gasteiger partial charge on any atom is -0.390 e. The van der Waals surface area contributed by atoms with Gasteiger partial charge in [0.25, 0.3) is 0 Å². The number of likely N-dealkylation sites (tertiary alicyclic amines) is 1. The highest BCUT2D eigenvalue weighted by atomic mass is 19.1. The lowest BCUT2D eigenvalue weighted by molar-refractivity contribution is -0.165. The van der Waals surface area contributed by atoms with Crippen LogP contribution in [0.3, 0.4) is 0 Å². The molecule has 42 heavy (non-hydrogen) atoms. The third kappa shape index (κ3) is 6.57. The first-order chi connectivity index (χ1) is 20.3. The van der Waals surface area contributed by atoms with Crippen LogP contribution >= 0.6 is 0 Å². The maximum atomic E-state index is 13.7. The van der Waals surface area contributed by atoms with Crippen molar-refractivity contribution in [3.63, 3.8) is 0 Å². The molecule has 0 saturated carbocycles. The summed E-state index contributed by atoms with van der Waals surface area (Å²) in [5.74, 6) is -0.846. The Morgan fingerprint density at radius 1 is 1.05 bits per heavy atom. The van der Waals surface area contributed by atoms with Gasteiger partial charge in [0, 0.05) is 31.9 Å². The smallest absolute Gasteiger partial charge is 0.248 e. The van der Waals surface area contributed by atoms with E-state index in [9.17, 15) is 23.9 Å². The average molecular weight is 577 g/mol. The van der Waals surface area contributed by atoms with Gasteiger partial charge in [0.2, 0.25) is 17.7 Å². The molecule has 2 fully saturated rings. The highest BCUT2D eigenvalue weighted by molar-refractivity contribution is 6.00. The predicted octanol–water partition coefficient (Wildman–Crippen LogP) is 3.80. The molecule has 2 aromatic carbocycles. The molecule has 9 heteroatoms.